The van der Waals surface area contributed by atoms with Crippen LogP contribution in [-0.4, -0.2) is 26.1 Å². The van der Waals surface area contributed by atoms with E-state index >= 15 is 0 Å². The van der Waals surface area contributed by atoms with Crippen LogP contribution in [0.25, 0.3) is 0 Å². The molecule has 106 valence electrons. The van der Waals surface area contributed by atoms with E-state index in [1.54, 1.807) is 7.05 Å². The molecule has 1 amide bonds. The van der Waals surface area contributed by atoms with Gasteiger partial charge in [0, 0.05) is 18.5 Å². The summed E-state index contributed by atoms with van der Waals surface area (Å²) in [6, 6.07) is 4.11. The Bertz CT molecular complexity index is 424. The predicted octanol–water partition coefficient (Wildman–Crippen LogP) is 2.41. The highest BCUT2D eigenvalue weighted by Gasteiger charge is 2.14. The van der Waals surface area contributed by atoms with Crippen LogP contribution < -0.4 is 15.4 Å². The minimum Gasteiger partial charge on any atom is -0.491 e. The van der Waals surface area contributed by atoms with Crippen molar-refractivity contribution in [3.8, 4) is 5.75 Å². The highest BCUT2D eigenvalue weighted by atomic mass is 19.1. The lowest BCUT2D eigenvalue weighted by Crippen LogP contribution is -2.28. The number of ether oxygens (including phenoxy) is 1. The molecule has 0 aromatic heterocycles. The predicted molar refractivity (Wildman–Crippen MR) is 73.9 cm³/mol. The van der Waals surface area contributed by atoms with Crippen molar-refractivity contribution < 1.29 is 13.9 Å². The van der Waals surface area contributed by atoms with Crippen LogP contribution in [0.1, 0.15) is 20.3 Å². The maximum absolute atomic E-state index is 13.2. The molecule has 0 saturated carbocycles. The smallest absolute Gasteiger partial charge is 0.228 e. The monoisotopic (exact) mass is 268 g/mol. The summed E-state index contributed by atoms with van der Waals surface area (Å²) in [5.74, 6) is -0.310. The van der Waals surface area contributed by atoms with Gasteiger partial charge in [-0.15, -0.1) is 0 Å². The minimum absolute atomic E-state index is 0.123. The van der Waals surface area contributed by atoms with Gasteiger partial charge in [0.1, 0.15) is 11.6 Å². The van der Waals surface area contributed by atoms with Crippen molar-refractivity contribution in [2.45, 2.75) is 20.3 Å². The van der Waals surface area contributed by atoms with Crippen LogP contribution in [0.4, 0.5) is 10.1 Å². The molecule has 0 spiro atoms. The second kappa shape index (κ2) is 7.74. The van der Waals surface area contributed by atoms with Crippen LogP contribution in [0.2, 0.25) is 0 Å². The zero-order valence-electron chi connectivity index (χ0n) is 11.6. The summed E-state index contributed by atoms with van der Waals surface area (Å²) >= 11 is 0. The van der Waals surface area contributed by atoms with Crippen molar-refractivity contribution in [2.75, 3.05) is 25.5 Å². The van der Waals surface area contributed by atoms with Gasteiger partial charge in [0.2, 0.25) is 5.91 Å². The van der Waals surface area contributed by atoms with Gasteiger partial charge in [0.05, 0.1) is 12.3 Å². The molecule has 1 rings (SSSR count). The first kappa shape index (κ1) is 15.4. The number of carbonyl (C=O) groups excluding carboxylic acids is 1. The van der Waals surface area contributed by atoms with Crippen LogP contribution >= 0.6 is 0 Å². The first-order valence-electron chi connectivity index (χ1n) is 6.46. The molecule has 0 bridgehead atoms. The van der Waals surface area contributed by atoms with E-state index in [1.807, 2.05) is 13.8 Å². The number of anilines is 1. The lowest BCUT2D eigenvalue weighted by molar-refractivity contribution is -0.119. The molecule has 0 aliphatic rings. The van der Waals surface area contributed by atoms with Crippen LogP contribution in [0.5, 0.6) is 5.75 Å². The number of carbonyl (C=O) groups is 1. The summed E-state index contributed by atoms with van der Waals surface area (Å²) in [7, 11) is 1.79. The van der Waals surface area contributed by atoms with E-state index in [-0.39, 0.29) is 17.6 Å². The number of halogens is 1. The second-order valence-corrected chi connectivity index (χ2v) is 4.44. The Kier molecular flexibility index (Phi) is 6.29. The maximum atomic E-state index is 13.2. The Morgan fingerprint density at radius 1 is 1.47 bits per heavy atom. The van der Waals surface area contributed by atoms with Crippen molar-refractivity contribution in [2.24, 2.45) is 5.92 Å². The fourth-order valence-electron chi connectivity index (χ4n) is 1.59. The van der Waals surface area contributed by atoms with Crippen molar-refractivity contribution in [1.29, 1.82) is 0 Å². The first-order valence-corrected chi connectivity index (χ1v) is 6.46. The largest absolute Gasteiger partial charge is 0.491 e. The summed E-state index contributed by atoms with van der Waals surface area (Å²) in [6.45, 7) is 4.85. The van der Waals surface area contributed by atoms with Gasteiger partial charge in [-0.3, -0.25) is 4.79 Å². The van der Waals surface area contributed by atoms with Gasteiger partial charge in [0.15, 0.2) is 0 Å². The third kappa shape index (κ3) is 4.87. The van der Waals surface area contributed by atoms with Gasteiger partial charge in [0.25, 0.3) is 0 Å². The van der Waals surface area contributed by atoms with Gasteiger partial charge in [-0.25, -0.2) is 4.39 Å². The number of amides is 1. The van der Waals surface area contributed by atoms with E-state index in [4.69, 9.17) is 4.74 Å². The number of benzene rings is 1. The molecule has 0 aliphatic heterocycles. The van der Waals surface area contributed by atoms with Crippen molar-refractivity contribution >= 4 is 11.6 Å². The lowest BCUT2D eigenvalue weighted by atomic mass is 10.1. The summed E-state index contributed by atoms with van der Waals surface area (Å²) in [5, 5.41) is 5.70. The molecule has 4 nitrogen and oxygen atoms in total. The fraction of sp³-hybridized carbons (Fsp3) is 0.500. The highest BCUT2D eigenvalue weighted by molar-refractivity contribution is 5.93. The zero-order valence-corrected chi connectivity index (χ0v) is 11.6. The molecule has 0 aliphatic carbocycles. The zero-order chi connectivity index (χ0) is 14.3. The Hall–Kier alpha value is -1.62. The van der Waals surface area contributed by atoms with Crippen molar-refractivity contribution in [3.05, 3.63) is 24.0 Å². The number of hydrogen-bond donors (Lipinski definition) is 2. The molecule has 5 heteroatoms. The Morgan fingerprint density at radius 3 is 2.84 bits per heavy atom. The molecule has 0 heterocycles. The van der Waals surface area contributed by atoms with Gasteiger partial charge in [-0.1, -0.05) is 13.8 Å². The molecule has 19 heavy (non-hydrogen) atoms. The molecule has 0 saturated heterocycles. The molecule has 1 unspecified atom stereocenters. The standard InChI is InChI=1S/C14H21FN2O2/c1-4-7-19-13-8-11(15)5-6-12(13)17-14(18)10(2)9-16-3/h5-6,8,10,16H,4,7,9H2,1-3H3,(H,17,18). The Balaban J connectivity index is 2.78. The van der Waals surface area contributed by atoms with Crippen LogP contribution in [0.15, 0.2) is 18.2 Å². The normalized spacial score (nSPS) is 12.0. The number of nitrogens with one attached hydrogen (secondary N) is 2. The minimum atomic E-state index is -0.382. The fourth-order valence-corrected chi connectivity index (χ4v) is 1.59. The van der Waals surface area contributed by atoms with Crippen molar-refractivity contribution in [3.63, 3.8) is 0 Å². The first-order chi connectivity index (χ1) is 9.08. The topological polar surface area (TPSA) is 50.4 Å². The second-order valence-electron chi connectivity index (χ2n) is 4.44. The quantitative estimate of drug-likeness (QED) is 0.798. The van der Waals surface area contributed by atoms with Gasteiger partial charge >= 0.3 is 0 Å². The average molecular weight is 268 g/mol. The summed E-state index contributed by atoms with van der Waals surface area (Å²) in [6.07, 6.45) is 0.820. The molecule has 1 aromatic rings. The van der Waals surface area contributed by atoms with E-state index in [0.717, 1.165) is 6.42 Å². The van der Waals surface area contributed by atoms with Crippen LogP contribution in [0, 0.1) is 11.7 Å². The molecule has 2 N–H and O–H groups in total. The third-order valence-corrected chi connectivity index (χ3v) is 2.62. The van der Waals surface area contributed by atoms with Gasteiger partial charge in [-0.2, -0.15) is 0 Å². The summed E-state index contributed by atoms with van der Waals surface area (Å²) in [4.78, 5) is 11.9. The molecular weight excluding hydrogens is 247 g/mol. The van der Waals surface area contributed by atoms with Gasteiger partial charge < -0.3 is 15.4 Å². The van der Waals surface area contributed by atoms with Crippen molar-refractivity contribution in [1.82, 2.24) is 5.32 Å². The number of hydrogen-bond acceptors (Lipinski definition) is 3. The number of rotatable bonds is 7. The van der Waals surface area contributed by atoms with Crippen LogP contribution in [-0.2, 0) is 4.79 Å². The lowest BCUT2D eigenvalue weighted by Gasteiger charge is -2.15. The highest BCUT2D eigenvalue weighted by Crippen LogP contribution is 2.26. The van der Waals surface area contributed by atoms with Gasteiger partial charge in [-0.05, 0) is 25.6 Å². The summed E-state index contributed by atoms with van der Waals surface area (Å²) < 4.78 is 18.6. The average Bonchev–Trinajstić information content (AvgIpc) is 2.39. The van der Waals surface area contributed by atoms with E-state index in [1.165, 1.54) is 18.2 Å². The molecule has 1 aromatic carbocycles. The van der Waals surface area contributed by atoms with E-state index in [2.05, 4.69) is 10.6 Å². The molecule has 0 fully saturated rings. The SMILES string of the molecule is CCCOc1cc(F)ccc1NC(=O)C(C)CNC. The molecular formula is C14H21FN2O2. The van der Waals surface area contributed by atoms with E-state index < -0.39 is 0 Å². The van der Waals surface area contributed by atoms with E-state index in [9.17, 15) is 9.18 Å². The van der Waals surface area contributed by atoms with E-state index in [0.29, 0.717) is 24.6 Å². The summed E-state index contributed by atoms with van der Waals surface area (Å²) in [5.41, 5.74) is 0.503. The molecule has 1 atom stereocenters. The Labute approximate surface area is 113 Å². The third-order valence-electron chi connectivity index (χ3n) is 2.62. The maximum Gasteiger partial charge on any atom is 0.228 e. The Morgan fingerprint density at radius 2 is 2.21 bits per heavy atom. The molecule has 0 radical (unpaired) electrons. The van der Waals surface area contributed by atoms with Crippen LogP contribution in [0.3, 0.4) is 0 Å².